The van der Waals surface area contributed by atoms with Crippen molar-refractivity contribution < 1.29 is 62.4 Å². The van der Waals surface area contributed by atoms with Crippen LogP contribution in [0.4, 0.5) is 4.39 Å². The molecule has 0 radical (unpaired) electrons. The number of carbonyl (C=O) groups is 7. The molecule has 0 bridgehead atoms. The molecule has 2 aromatic carbocycles. The van der Waals surface area contributed by atoms with Crippen molar-refractivity contribution in [2.75, 3.05) is 6.61 Å². The Bertz CT molecular complexity index is 2620. The number of halogens is 1. The highest BCUT2D eigenvalue weighted by atomic mass is 19.1. The van der Waals surface area contributed by atoms with E-state index in [0.717, 1.165) is 23.1 Å². The van der Waals surface area contributed by atoms with Crippen molar-refractivity contribution >= 4 is 40.5 Å². The monoisotopic (exact) mass is 988 g/mol. The highest BCUT2D eigenvalue weighted by molar-refractivity contribution is 6.33. The highest BCUT2D eigenvalue weighted by Gasteiger charge is 2.76. The molecule has 72 heavy (non-hydrogen) atoms. The van der Waals surface area contributed by atoms with Crippen LogP contribution in [0.25, 0.3) is 0 Å². The molecule has 1 aliphatic heterocycles. The lowest BCUT2D eigenvalue weighted by Crippen LogP contribution is -2.63. The number of carbonyl (C=O) groups excluding carboxylic acids is 7. The Morgan fingerprint density at radius 1 is 0.917 bits per heavy atom. The van der Waals surface area contributed by atoms with Gasteiger partial charge >= 0.3 is 0 Å². The van der Waals surface area contributed by atoms with Crippen LogP contribution in [-0.2, 0) is 56.1 Å². The van der Waals surface area contributed by atoms with Crippen LogP contribution in [0.3, 0.4) is 0 Å². The molecule has 2 unspecified atom stereocenters. The van der Waals surface area contributed by atoms with Gasteiger partial charge in [-0.25, -0.2) is 4.39 Å². The van der Waals surface area contributed by atoms with Gasteiger partial charge in [0.15, 0.2) is 46.6 Å². The molecule has 0 aromatic heterocycles. The topological polar surface area (TPSA) is 188 Å². The van der Waals surface area contributed by atoms with Gasteiger partial charge in [-0.2, -0.15) is 0 Å². The first-order valence-electron chi connectivity index (χ1n) is 25.9. The Hall–Kier alpha value is -5.34. The van der Waals surface area contributed by atoms with E-state index in [1.807, 2.05) is 51.1 Å². The molecule has 2 aromatic rings. The molecule has 0 amide bonds. The lowest BCUT2D eigenvalue weighted by atomic mass is 9.46. The number of aliphatic hydroxyl groups excluding tert-OH is 2. The third-order valence-corrected chi connectivity index (χ3v) is 17.4. The average molecular weight is 989 g/mol. The van der Waals surface area contributed by atoms with Crippen molar-refractivity contribution in [3.05, 3.63) is 112 Å². The first-order valence-corrected chi connectivity index (χ1v) is 25.9. The molecule has 3 saturated carbocycles. The quantitative estimate of drug-likeness (QED) is 0.0844. The van der Waals surface area contributed by atoms with Gasteiger partial charge in [-0.1, -0.05) is 75.8 Å². The summed E-state index contributed by atoms with van der Waals surface area (Å²) < 4.78 is 36.1. The van der Waals surface area contributed by atoms with Gasteiger partial charge in [0.25, 0.3) is 0 Å². The van der Waals surface area contributed by atoms with Crippen LogP contribution in [-0.4, -0.2) is 75.1 Å². The van der Waals surface area contributed by atoms with Crippen molar-refractivity contribution in [3.8, 4) is 5.75 Å². The van der Waals surface area contributed by atoms with E-state index in [4.69, 9.17) is 14.2 Å². The van der Waals surface area contributed by atoms with E-state index in [0.29, 0.717) is 69.8 Å². The molecule has 5 aliphatic carbocycles. The summed E-state index contributed by atoms with van der Waals surface area (Å²) in [5, 5.41) is 22.5. The highest BCUT2D eigenvalue weighted by Crippen LogP contribution is 2.70. The summed E-state index contributed by atoms with van der Waals surface area (Å²) in [6, 6.07) is 11.0. The van der Waals surface area contributed by atoms with E-state index in [2.05, 4.69) is 6.92 Å². The lowest BCUT2D eigenvalue weighted by Gasteiger charge is -2.59. The van der Waals surface area contributed by atoms with Crippen molar-refractivity contribution in [1.82, 2.24) is 0 Å². The zero-order valence-electron chi connectivity index (χ0n) is 42.2. The normalized spacial score (nSPS) is 30.0. The van der Waals surface area contributed by atoms with E-state index in [1.165, 1.54) is 18.2 Å². The smallest absolute Gasteiger partial charge is 0.193 e. The zero-order chi connectivity index (χ0) is 51.7. The van der Waals surface area contributed by atoms with Crippen LogP contribution in [0.2, 0.25) is 0 Å². The molecule has 11 atom stereocenters. The number of allylic oxidation sites excluding steroid dienone is 8. The average Bonchev–Trinajstić information content (AvgIpc) is 3.97. The van der Waals surface area contributed by atoms with Gasteiger partial charge in [-0.05, 0) is 130 Å². The van der Waals surface area contributed by atoms with Gasteiger partial charge in [-0.15, -0.1) is 0 Å². The van der Waals surface area contributed by atoms with Crippen molar-refractivity contribution in [1.29, 1.82) is 0 Å². The number of aryl methyl sites for hydroxylation is 2. The van der Waals surface area contributed by atoms with Crippen molar-refractivity contribution in [3.63, 3.8) is 0 Å². The number of hydrogen-bond acceptors (Lipinski definition) is 12. The van der Waals surface area contributed by atoms with Crippen LogP contribution in [0.1, 0.15) is 140 Å². The van der Waals surface area contributed by atoms with Crippen LogP contribution in [0, 0.1) is 53.2 Å². The molecule has 0 spiro atoms. The fourth-order valence-electron chi connectivity index (χ4n) is 13.3. The Labute approximate surface area is 421 Å². The minimum absolute atomic E-state index is 0.0158. The standard InChI is InChI=1S/C59H69FO12/c1-34(10-6-14-40(62)15-9-16-43-47(66)23-24-48(43)67)46(65)22-18-35(2)45(64)17-8-12-37-11-7-13-38(28-37)33-70-50-25-19-36(3)53(55(50)60)56-71-52-30-44-42-21-20-39-29-41(63)26-27-57(39,4)54(42)49(68)31-58(44,5)59(52,72-56)51(69)32-61/h7,11,13,16,19,23-29,34-35,42,44,49,52,54,56,61,68H,6,8-10,12,14-15,17-18,20-22,30-33H2,1-5H3/t34?,35?,42-,44-,49-,52+,54+,56-,57-,58-,59+/m0/s1. The van der Waals surface area contributed by atoms with Gasteiger partial charge in [0.2, 0.25) is 0 Å². The van der Waals surface area contributed by atoms with E-state index >= 15 is 4.39 Å². The van der Waals surface area contributed by atoms with Gasteiger partial charge in [0.1, 0.15) is 30.6 Å². The van der Waals surface area contributed by atoms with E-state index in [1.54, 1.807) is 31.2 Å². The van der Waals surface area contributed by atoms with Crippen molar-refractivity contribution in [2.24, 2.45) is 40.4 Å². The Morgan fingerprint density at radius 3 is 2.39 bits per heavy atom. The number of hydrogen-bond donors (Lipinski definition) is 2. The molecule has 8 rings (SSSR count). The number of ether oxygens (including phenoxy) is 3. The number of rotatable bonds is 22. The second-order valence-electron chi connectivity index (χ2n) is 21.8. The number of benzene rings is 2. The molecular formula is C59H69FO12. The SMILES string of the molecule is Cc1ccc(OCc2cccc(CCCC(=O)C(C)CCC(=O)C(C)CCCC(=O)CCC=C3C(=O)C=CC3=O)c2)c(F)c1[C@H]1O[C@@H]2C[C@H]3[C@@H]4CCC5=CC(=O)C=C[C@]5(C)[C@H]4[C@@H](O)C[C@]3(C)[C@]2(C(=O)CO)O1. The predicted octanol–water partition coefficient (Wildman–Crippen LogP) is 8.98. The summed E-state index contributed by atoms with van der Waals surface area (Å²) in [4.78, 5) is 88.1. The molecule has 1 saturated heterocycles. The lowest BCUT2D eigenvalue weighted by molar-refractivity contribution is -0.201. The zero-order valence-corrected chi connectivity index (χ0v) is 42.2. The molecule has 1 heterocycles. The number of ketones is 7. The van der Waals surface area contributed by atoms with E-state index < -0.39 is 53.1 Å². The second-order valence-corrected chi connectivity index (χ2v) is 21.8. The summed E-state index contributed by atoms with van der Waals surface area (Å²) in [5.41, 5.74) is 0.470. The third kappa shape index (κ3) is 10.2. The first-order chi connectivity index (χ1) is 34.3. The van der Waals surface area contributed by atoms with E-state index in [-0.39, 0.29) is 107 Å². The summed E-state index contributed by atoms with van der Waals surface area (Å²) in [7, 11) is 0. The number of Topliss-reactive ketones (excluding diaryl/α,β-unsaturated/α-hetero) is 4. The summed E-state index contributed by atoms with van der Waals surface area (Å²) in [5.74, 6) is -2.61. The fourth-order valence-corrected chi connectivity index (χ4v) is 13.3. The van der Waals surface area contributed by atoms with Crippen LogP contribution < -0.4 is 4.74 Å². The summed E-state index contributed by atoms with van der Waals surface area (Å²) in [6.07, 6.45) is 12.7. The Morgan fingerprint density at radius 2 is 1.64 bits per heavy atom. The van der Waals surface area contributed by atoms with Gasteiger partial charge < -0.3 is 24.4 Å². The molecular weight excluding hydrogens is 920 g/mol. The molecule has 13 heteroatoms. The third-order valence-electron chi connectivity index (χ3n) is 17.4. The first kappa shape index (κ1) is 53.0. The number of fused-ring (bicyclic) bond motifs is 7. The predicted molar refractivity (Wildman–Crippen MR) is 265 cm³/mol. The minimum atomic E-state index is -1.63. The van der Waals surface area contributed by atoms with Crippen LogP contribution >= 0.6 is 0 Å². The van der Waals surface area contributed by atoms with Gasteiger partial charge in [0.05, 0.1) is 23.3 Å². The maximum absolute atomic E-state index is 16.7. The summed E-state index contributed by atoms with van der Waals surface area (Å²) in [6.45, 7) is 8.71. The molecule has 384 valence electrons. The number of aliphatic hydroxyl groups is 2. The maximum atomic E-state index is 16.7. The van der Waals surface area contributed by atoms with Crippen molar-refractivity contribution in [2.45, 2.75) is 155 Å². The summed E-state index contributed by atoms with van der Waals surface area (Å²) >= 11 is 0. The van der Waals surface area contributed by atoms with Gasteiger partial charge in [0, 0.05) is 54.3 Å². The minimum Gasteiger partial charge on any atom is -0.486 e. The molecule has 6 aliphatic rings. The maximum Gasteiger partial charge on any atom is 0.193 e. The second kappa shape index (κ2) is 21.6. The fraction of sp³-hybridized carbons (Fsp3) is 0.542. The largest absolute Gasteiger partial charge is 0.486 e. The van der Waals surface area contributed by atoms with Gasteiger partial charge in [-0.3, -0.25) is 33.6 Å². The van der Waals surface area contributed by atoms with Crippen LogP contribution in [0.15, 0.2) is 84.0 Å². The van der Waals surface area contributed by atoms with E-state index in [9.17, 15) is 43.8 Å². The molecule has 2 N–H and O–H groups in total. The molecule has 12 nitrogen and oxygen atoms in total. The molecule has 4 fully saturated rings. The Balaban J connectivity index is 0.810. The van der Waals surface area contributed by atoms with Crippen LogP contribution in [0.5, 0.6) is 5.75 Å². The Kier molecular flexibility index (Phi) is 15.9.